The third kappa shape index (κ3) is 3.70. The summed E-state index contributed by atoms with van der Waals surface area (Å²) >= 11 is 0. The van der Waals surface area contributed by atoms with Crippen LogP contribution in [0, 0.1) is 13.8 Å². The van der Waals surface area contributed by atoms with Crippen molar-refractivity contribution in [3.8, 4) is 0 Å². The van der Waals surface area contributed by atoms with E-state index < -0.39 is 25.9 Å². The number of sulfone groups is 1. The van der Waals surface area contributed by atoms with Crippen LogP contribution in [0.15, 0.2) is 35.5 Å². The van der Waals surface area contributed by atoms with Crippen molar-refractivity contribution in [1.82, 2.24) is 14.1 Å². The zero-order chi connectivity index (χ0) is 19.1. The SMILES string of the molecule is Cc1ccc(C)c(S(=O)(=O)N2CCCS(=O)(=O)CC2c2cnn(C)c2)c1. The molecule has 2 heterocycles. The summed E-state index contributed by atoms with van der Waals surface area (Å²) < 4.78 is 54.4. The molecule has 2 aromatic rings. The molecule has 0 N–H and O–H groups in total. The lowest BCUT2D eigenvalue weighted by atomic mass is 10.2. The molecule has 1 fully saturated rings. The van der Waals surface area contributed by atoms with Crippen LogP contribution in [0.3, 0.4) is 0 Å². The molecule has 7 nitrogen and oxygen atoms in total. The summed E-state index contributed by atoms with van der Waals surface area (Å²) in [5.74, 6) is -0.245. The molecule has 1 aromatic heterocycles. The van der Waals surface area contributed by atoms with Gasteiger partial charge in [0.05, 0.1) is 28.6 Å². The van der Waals surface area contributed by atoms with Crippen molar-refractivity contribution in [2.75, 3.05) is 18.1 Å². The van der Waals surface area contributed by atoms with Crippen molar-refractivity contribution < 1.29 is 16.8 Å². The maximum absolute atomic E-state index is 13.4. The van der Waals surface area contributed by atoms with Gasteiger partial charge in [0.1, 0.15) is 0 Å². The highest BCUT2D eigenvalue weighted by Crippen LogP contribution is 2.32. The fourth-order valence-electron chi connectivity index (χ4n) is 3.28. The van der Waals surface area contributed by atoms with Gasteiger partial charge in [-0.3, -0.25) is 4.68 Å². The monoisotopic (exact) mass is 397 g/mol. The molecule has 1 unspecified atom stereocenters. The number of hydrogen-bond acceptors (Lipinski definition) is 5. The smallest absolute Gasteiger partial charge is 0.243 e. The lowest BCUT2D eigenvalue weighted by molar-refractivity contribution is 0.351. The van der Waals surface area contributed by atoms with E-state index in [0.29, 0.717) is 11.1 Å². The molecule has 1 aliphatic heterocycles. The minimum Gasteiger partial charge on any atom is -0.275 e. The third-order valence-electron chi connectivity index (χ3n) is 4.63. The van der Waals surface area contributed by atoms with Crippen molar-refractivity contribution in [2.45, 2.75) is 31.2 Å². The summed E-state index contributed by atoms with van der Waals surface area (Å²) in [5, 5.41) is 4.09. The Morgan fingerprint density at radius 2 is 1.96 bits per heavy atom. The average molecular weight is 398 g/mol. The summed E-state index contributed by atoms with van der Waals surface area (Å²) in [6, 6.07) is 4.50. The molecule has 26 heavy (non-hydrogen) atoms. The van der Waals surface area contributed by atoms with Crippen LogP contribution in [0.1, 0.15) is 29.2 Å². The Bertz CT molecular complexity index is 1030. The predicted molar refractivity (Wildman–Crippen MR) is 99.0 cm³/mol. The normalized spacial score (nSPS) is 21.4. The average Bonchev–Trinajstić information content (AvgIpc) is 2.90. The van der Waals surface area contributed by atoms with Crippen LogP contribution in [0.4, 0.5) is 0 Å². The largest absolute Gasteiger partial charge is 0.275 e. The van der Waals surface area contributed by atoms with Crippen molar-refractivity contribution >= 4 is 19.9 Å². The summed E-state index contributed by atoms with van der Waals surface area (Å²) in [5.41, 5.74) is 2.08. The summed E-state index contributed by atoms with van der Waals surface area (Å²) in [6.07, 6.45) is 3.50. The van der Waals surface area contributed by atoms with Crippen LogP contribution in [0.5, 0.6) is 0 Å². The number of aromatic nitrogens is 2. The van der Waals surface area contributed by atoms with Crippen LogP contribution in [-0.2, 0) is 26.9 Å². The Morgan fingerprint density at radius 3 is 2.62 bits per heavy atom. The first-order valence-corrected chi connectivity index (χ1v) is 11.6. The molecule has 1 saturated heterocycles. The Kier molecular flexibility index (Phi) is 4.98. The van der Waals surface area contributed by atoms with Crippen LogP contribution in [-0.4, -0.2) is 49.0 Å². The second-order valence-electron chi connectivity index (χ2n) is 6.82. The quantitative estimate of drug-likeness (QED) is 0.785. The molecule has 1 aliphatic rings. The lowest BCUT2D eigenvalue weighted by Crippen LogP contribution is -2.37. The first-order chi connectivity index (χ1) is 12.1. The first-order valence-electron chi connectivity index (χ1n) is 8.38. The number of nitrogens with zero attached hydrogens (tertiary/aromatic N) is 3. The van der Waals surface area contributed by atoms with Gasteiger partial charge in [0.2, 0.25) is 10.0 Å². The summed E-state index contributed by atoms with van der Waals surface area (Å²) in [7, 11) is -5.47. The zero-order valence-corrected chi connectivity index (χ0v) is 16.7. The van der Waals surface area contributed by atoms with Gasteiger partial charge in [-0.15, -0.1) is 0 Å². The maximum atomic E-state index is 13.4. The van der Waals surface area contributed by atoms with E-state index >= 15 is 0 Å². The summed E-state index contributed by atoms with van der Waals surface area (Å²) in [4.78, 5) is 0.227. The second kappa shape index (κ2) is 6.79. The Hall–Kier alpha value is -1.71. The highest BCUT2D eigenvalue weighted by molar-refractivity contribution is 7.91. The molecule has 0 spiro atoms. The van der Waals surface area contributed by atoms with Gasteiger partial charge in [-0.25, -0.2) is 16.8 Å². The molecule has 3 rings (SSSR count). The molecule has 9 heteroatoms. The maximum Gasteiger partial charge on any atom is 0.243 e. The van der Waals surface area contributed by atoms with E-state index in [4.69, 9.17) is 0 Å². The summed E-state index contributed by atoms with van der Waals surface area (Å²) in [6.45, 7) is 3.75. The highest BCUT2D eigenvalue weighted by Gasteiger charge is 2.38. The van der Waals surface area contributed by atoms with Crippen LogP contribution < -0.4 is 0 Å². The van der Waals surface area contributed by atoms with Gasteiger partial charge in [0.15, 0.2) is 9.84 Å². The molecule has 0 radical (unpaired) electrons. The minimum atomic E-state index is -3.84. The van der Waals surface area contributed by atoms with E-state index in [1.807, 2.05) is 13.0 Å². The second-order valence-corrected chi connectivity index (χ2v) is 10.9. The van der Waals surface area contributed by atoms with Crippen molar-refractivity contribution in [1.29, 1.82) is 0 Å². The fraction of sp³-hybridized carbons (Fsp3) is 0.471. The van der Waals surface area contributed by atoms with Crippen molar-refractivity contribution in [3.05, 3.63) is 47.3 Å². The Morgan fingerprint density at radius 1 is 1.23 bits per heavy atom. The van der Waals surface area contributed by atoms with Gasteiger partial charge in [-0.2, -0.15) is 9.40 Å². The molecule has 142 valence electrons. The Labute approximate surface area is 154 Å². The van der Waals surface area contributed by atoms with E-state index in [-0.39, 0.29) is 29.4 Å². The van der Waals surface area contributed by atoms with Crippen molar-refractivity contribution in [2.24, 2.45) is 7.05 Å². The minimum absolute atomic E-state index is 0.0113. The van der Waals surface area contributed by atoms with Gasteiger partial charge >= 0.3 is 0 Å². The van der Waals surface area contributed by atoms with E-state index in [9.17, 15) is 16.8 Å². The number of sulfonamides is 1. The topological polar surface area (TPSA) is 89.3 Å². The molecule has 0 amide bonds. The molecular weight excluding hydrogens is 374 g/mol. The van der Waals surface area contributed by atoms with Crippen LogP contribution >= 0.6 is 0 Å². The van der Waals surface area contributed by atoms with Gasteiger partial charge in [-0.1, -0.05) is 12.1 Å². The number of hydrogen-bond donors (Lipinski definition) is 0. The fourth-order valence-corrected chi connectivity index (χ4v) is 6.92. The first kappa shape index (κ1) is 19.1. The predicted octanol–water partition coefficient (Wildman–Crippen LogP) is 1.59. The number of rotatable bonds is 3. The van der Waals surface area contributed by atoms with E-state index in [2.05, 4.69) is 5.10 Å². The zero-order valence-electron chi connectivity index (χ0n) is 15.1. The van der Waals surface area contributed by atoms with E-state index in [1.54, 1.807) is 37.0 Å². The lowest BCUT2D eigenvalue weighted by Gasteiger charge is -2.28. The number of benzene rings is 1. The molecule has 0 bridgehead atoms. The molecule has 1 aromatic carbocycles. The Balaban J connectivity index is 2.13. The van der Waals surface area contributed by atoms with Crippen molar-refractivity contribution in [3.63, 3.8) is 0 Å². The third-order valence-corrected chi connectivity index (χ3v) is 8.42. The highest BCUT2D eigenvalue weighted by atomic mass is 32.2. The molecule has 0 saturated carbocycles. The van der Waals surface area contributed by atoms with Gasteiger partial charge < -0.3 is 0 Å². The number of aryl methyl sites for hydroxylation is 3. The molecular formula is C17H23N3O4S2. The van der Waals surface area contributed by atoms with E-state index in [1.165, 1.54) is 10.5 Å². The van der Waals surface area contributed by atoms with Gasteiger partial charge in [0, 0.05) is 25.4 Å². The van der Waals surface area contributed by atoms with E-state index in [0.717, 1.165) is 5.56 Å². The van der Waals surface area contributed by atoms with Crippen LogP contribution in [0.25, 0.3) is 0 Å². The van der Waals surface area contributed by atoms with Gasteiger partial charge in [-0.05, 0) is 37.5 Å². The molecule has 0 aliphatic carbocycles. The molecule has 1 atom stereocenters. The standard InChI is InChI=1S/C17H23N3O4S2/c1-13-5-6-14(2)17(9-13)26(23,24)20-7-4-8-25(21,22)12-16(20)15-10-18-19(3)11-15/h5-6,9-11,16H,4,7-8,12H2,1-3H3. The van der Waals surface area contributed by atoms with Gasteiger partial charge in [0.25, 0.3) is 0 Å². The van der Waals surface area contributed by atoms with Crippen LogP contribution in [0.2, 0.25) is 0 Å².